The summed E-state index contributed by atoms with van der Waals surface area (Å²) in [6.45, 7) is 7.86. The van der Waals surface area contributed by atoms with Crippen molar-refractivity contribution in [3.63, 3.8) is 0 Å². The summed E-state index contributed by atoms with van der Waals surface area (Å²) in [6, 6.07) is 13.6. The summed E-state index contributed by atoms with van der Waals surface area (Å²) in [6.07, 6.45) is 2.73. The third-order valence-electron chi connectivity index (χ3n) is 5.41. The number of quaternary nitrogens is 1. The van der Waals surface area contributed by atoms with Gasteiger partial charge >= 0.3 is 5.97 Å². The Labute approximate surface area is 179 Å². The zero-order chi connectivity index (χ0) is 21.9. The standard InChI is InChI=1S/C24H34N2O4/c1-5-6-15-25(20(3)24(28)29-4)18-23(27)26(17-22-13-12-19(2)30-22)16-14-21-10-8-7-9-11-21/h7-13,20H,5-6,14-18H2,1-4H3/p+1/t20-/m0/s1. The highest BCUT2D eigenvalue weighted by atomic mass is 16.5. The van der Waals surface area contributed by atoms with E-state index in [9.17, 15) is 9.59 Å². The first-order chi connectivity index (χ1) is 14.4. The topological polar surface area (TPSA) is 64.2 Å². The van der Waals surface area contributed by atoms with E-state index in [1.54, 1.807) is 0 Å². The van der Waals surface area contributed by atoms with E-state index in [4.69, 9.17) is 9.15 Å². The first-order valence-corrected chi connectivity index (χ1v) is 10.7. The van der Waals surface area contributed by atoms with Crippen molar-refractivity contribution < 1.29 is 23.6 Å². The molecule has 0 saturated heterocycles. The zero-order valence-electron chi connectivity index (χ0n) is 18.6. The Hall–Kier alpha value is -2.60. The highest BCUT2D eigenvalue weighted by Gasteiger charge is 2.29. The predicted octanol–water partition coefficient (Wildman–Crippen LogP) is 2.41. The molecule has 0 saturated carbocycles. The smallest absolute Gasteiger partial charge is 0.364 e. The van der Waals surface area contributed by atoms with Crippen LogP contribution < -0.4 is 4.90 Å². The third kappa shape index (κ3) is 7.34. The molecule has 2 aromatic rings. The molecule has 6 nitrogen and oxygen atoms in total. The molecular formula is C24H35N2O4+. The van der Waals surface area contributed by atoms with Gasteiger partial charge in [0, 0.05) is 6.54 Å². The van der Waals surface area contributed by atoms with Gasteiger partial charge < -0.3 is 19.0 Å². The fraction of sp³-hybridized carbons (Fsp3) is 0.500. The number of amides is 1. The minimum atomic E-state index is -0.382. The number of esters is 1. The number of carbonyl (C=O) groups is 2. The minimum Gasteiger partial charge on any atom is -0.465 e. The third-order valence-corrected chi connectivity index (χ3v) is 5.41. The van der Waals surface area contributed by atoms with Gasteiger partial charge in [0.1, 0.15) is 11.5 Å². The molecule has 0 fully saturated rings. The number of rotatable bonds is 12. The normalized spacial score (nSPS) is 12.9. The van der Waals surface area contributed by atoms with E-state index < -0.39 is 0 Å². The zero-order valence-corrected chi connectivity index (χ0v) is 18.6. The van der Waals surface area contributed by atoms with Gasteiger partial charge in [-0.15, -0.1) is 0 Å². The molecule has 1 unspecified atom stereocenters. The molecule has 1 aromatic heterocycles. The number of ether oxygens (including phenoxy) is 1. The first kappa shape index (κ1) is 23.7. The van der Waals surface area contributed by atoms with Gasteiger partial charge in [-0.1, -0.05) is 43.7 Å². The van der Waals surface area contributed by atoms with Gasteiger partial charge in [-0.3, -0.25) is 4.79 Å². The van der Waals surface area contributed by atoms with E-state index in [-0.39, 0.29) is 24.5 Å². The fourth-order valence-electron chi connectivity index (χ4n) is 3.47. The number of aryl methyl sites for hydroxylation is 1. The molecule has 1 amide bonds. The van der Waals surface area contributed by atoms with Crippen LogP contribution >= 0.6 is 0 Å². The van der Waals surface area contributed by atoms with E-state index in [1.807, 2.05) is 49.1 Å². The monoisotopic (exact) mass is 415 g/mol. The lowest BCUT2D eigenvalue weighted by Gasteiger charge is -2.27. The fourth-order valence-corrected chi connectivity index (χ4v) is 3.47. The van der Waals surface area contributed by atoms with Gasteiger partial charge in [0.05, 0.1) is 20.2 Å². The Balaban J connectivity index is 2.12. The van der Waals surface area contributed by atoms with Crippen LogP contribution in [0.25, 0.3) is 0 Å². The second kappa shape index (κ2) is 12.2. The maximum atomic E-state index is 13.3. The maximum absolute atomic E-state index is 13.3. The number of nitrogens with one attached hydrogen (secondary N) is 1. The van der Waals surface area contributed by atoms with Crippen molar-refractivity contribution in [3.05, 3.63) is 59.5 Å². The van der Waals surface area contributed by atoms with Crippen molar-refractivity contribution in [3.8, 4) is 0 Å². The van der Waals surface area contributed by atoms with Crippen LogP contribution in [0.2, 0.25) is 0 Å². The SMILES string of the molecule is CCCC[NH+](CC(=O)N(CCc1ccccc1)Cc1ccc(C)o1)[C@@H](C)C(=O)OC. The van der Waals surface area contributed by atoms with Crippen molar-refractivity contribution in [2.45, 2.75) is 52.6 Å². The number of nitrogens with zero attached hydrogens (tertiary/aromatic N) is 1. The van der Waals surface area contributed by atoms with Crippen molar-refractivity contribution in [1.29, 1.82) is 0 Å². The molecule has 0 aliphatic rings. The average molecular weight is 416 g/mol. The van der Waals surface area contributed by atoms with Crippen LogP contribution in [-0.4, -0.2) is 49.6 Å². The molecule has 0 radical (unpaired) electrons. The van der Waals surface area contributed by atoms with E-state index in [0.29, 0.717) is 13.1 Å². The van der Waals surface area contributed by atoms with Crippen molar-refractivity contribution in [2.24, 2.45) is 0 Å². The van der Waals surface area contributed by atoms with Crippen LogP contribution in [0.4, 0.5) is 0 Å². The van der Waals surface area contributed by atoms with E-state index in [0.717, 1.165) is 42.2 Å². The lowest BCUT2D eigenvalue weighted by atomic mass is 10.1. The van der Waals surface area contributed by atoms with E-state index in [1.165, 1.54) is 12.7 Å². The number of hydrogen-bond acceptors (Lipinski definition) is 4. The molecule has 1 heterocycles. The Morgan fingerprint density at radius 3 is 2.50 bits per heavy atom. The van der Waals surface area contributed by atoms with Gasteiger partial charge in [-0.05, 0) is 44.4 Å². The van der Waals surface area contributed by atoms with Gasteiger partial charge in [-0.25, -0.2) is 4.79 Å². The van der Waals surface area contributed by atoms with Crippen molar-refractivity contribution in [2.75, 3.05) is 26.7 Å². The van der Waals surface area contributed by atoms with Gasteiger partial charge in [0.25, 0.3) is 5.91 Å². The highest BCUT2D eigenvalue weighted by molar-refractivity contribution is 5.78. The number of hydrogen-bond donors (Lipinski definition) is 1. The Bertz CT molecular complexity index is 788. The molecule has 2 atom stereocenters. The summed E-state index contributed by atoms with van der Waals surface area (Å²) in [4.78, 5) is 28.1. The first-order valence-electron chi connectivity index (χ1n) is 10.7. The summed E-state index contributed by atoms with van der Waals surface area (Å²) in [7, 11) is 1.39. The van der Waals surface area contributed by atoms with Crippen LogP contribution in [0.5, 0.6) is 0 Å². The molecule has 0 aliphatic heterocycles. The van der Waals surface area contributed by atoms with Crippen LogP contribution in [0.1, 0.15) is 43.8 Å². The van der Waals surface area contributed by atoms with Gasteiger partial charge in [0.2, 0.25) is 0 Å². The lowest BCUT2D eigenvalue weighted by molar-refractivity contribution is -0.907. The molecule has 1 aromatic carbocycles. The Morgan fingerprint density at radius 2 is 1.90 bits per heavy atom. The van der Waals surface area contributed by atoms with Crippen LogP contribution in [-0.2, 0) is 27.3 Å². The molecule has 2 rings (SSSR count). The average Bonchev–Trinajstić information content (AvgIpc) is 3.18. The summed E-state index contributed by atoms with van der Waals surface area (Å²) >= 11 is 0. The number of carbonyl (C=O) groups excluding carboxylic acids is 2. The Kier molecular flexibility index (Phi) is 9.61. The number of furan rings is 1. The largest absolute Gasteiger partial charge is 0.465 e. The summed E-state index contributed by atoms with van der Waals surface area (Å²) < 4.78 is 10.6. The second-order valence-electron chi connectivity index (χ2n) is 7.75. The molecule has 1 N–H and O–H groups in total. The molecular weight excluding hydrogens is 380 g/mol. The summed E-state index contributed by atoms with van der Waals surface area (Å²) in [5.41, 5.74) is 1.18. The molecule has 164 valence electrons. The predicted molar refractivity (Wildman–Crippen MR) is 116 cm³/mol. The van der Waals surface area contributed by atoms with Gasteiger partial charge in [-0.2, -0.15) is 0 Å². The van der Waals surface area contributed by atoms with E-state index >= 15 is 0 Å². The quantitative estimate of drug-likeness (QED) is 0.541. The molecule has 0 spiro atoms. The molecule has 0 bridgehead atoms. The number of methoxy groups -OCH3 is 1. The molecule has 30 heavy (non-hydrogen) atoms. The van der Waals surface area contributed by atoms with Gasteiger partial charge in [0.15, 0.2) is 12.6 Å². The molecule has 0 aliphatic carbocycles. The molecule has 6 heteroatoms. The lowest BCUT2D eigenvalue weighted by Crippen LogP contribution is -3.17. The second-order valence-corrected chi connectivity index (χ2v) is 7.75. The number of unbranched alkanes of at least 4 members (excludes halogenated alkanes) is 1. The Morgan fingerprint density at radius 1 is 1.17 bits per heavy atom. The van der Waals surface area contributed by atoms with Crippen LogP contribution in [0.15, 0.2) is 46.9 Å². The summed E-state index contributed by atoms with van der Waals surface area (Å²) in [5, 5.41) is 0. The minimum absolute atomic E-state index is 0.0156. The maximum Gasteiger partial charge on any atom is 0.364 e. The highest BCUT2D eigenvalue weighted by Crippen LogP contribution is 2.11. The van der Waals surface area contributed by atoms with Crippen molar-refractivity contribution in [1.82, 2.24) is 4.90 Å². The van der Waals surface area contributed by atoms with Crippen molar-refractivity contribution >= 4 is 11.9 Å². The summed E-state index contributed by atoms with van der Waals surface area (Å²) in [5.74, 6) is 1.33. The van der Waals surface area contributed by atoms with Crippen LogP contribution in [0, 0.1) is 6.92 Å². The van der Waals surface area contributed by atoms with E-state index in [2.05, 4.69) is 19.1 Å². The number of benzene rings is 1. The van der Waals surface area contributed by atoms with Crippen LogP contribution in [0.3, 0.4) is 0 Å².